The molecule has 0 spiro atoms. The van der Waals surface area contributed by atoms with E-state index >= 15 is 0 Å². The Labute approximate surface area is 98.8 Å². The standard InChI is InChI=1S/C12H12N4O/c13-12(14)10-6-7-11(16-15-10)17-8-9-4-2-1-3-5-9/h1-7H,8H2,(H3,13,14). The number of nitrogens with one attached hydrogen (secondary N) is 1. The largest absolute Gasteiger partial charge is 0.472 e. The molecule has 0 radical (unpaired) electrons. The Kier molecular flexibility index (Phi) is 3.30. The Morgan fingerprint density at radius 2 is 1.88 bits per heavy atom. The maximum Gasteiger partial charge on any atom is 0.233 e. The fourth-order valence-electron chi connectivity index (χ4n) is 1.27. The Morgan fingerprint density at radius 3 is 2.47 bits per heavy atom. The minimum absolute atomic E-state index is 0.105. The van der Waals surface area contributed by atoms with Crippen molar-refractivity contribution in [2.24, 2.45) is 5.73 Å². The van der Waals surface area contributed by atoms with Gasteiger partial charge in [-0.1, -0.05) is 30.3 Å². The lowest BCUT2D eigenvalue weighted by atomic mass is 10.2. The first kappa shape index (κ1) is 11.1. The van der Waals surface area contributed by atoms with E-state index in [1.807, 2.05) is 30.3 Å². The van der Waals surface area contributed by atoms with Crippen molar-refractivity contribution in [3.8, 4) is 5.88 Å². The minimum Gasteiger partial charge on any atom is -0.472 e. The highest BCUT2D eigenvalue weighted by Crippen LogP contribution is 2.08. The lowest BCUT2D eigenvalue weighted by Crippen LogP contribution is -2.13. The molecule has 1 heterocycles. The van der Waals surface area contributed by atoms with Crippen LogP contribution in [-0.2, 0) is 6.61 Å². The topological polar surface area (TPSA) is 84.9 Å². The molecule has 2 rings (SSSR count). The summed E-state index contributed by atoms with van der Waals surface area (Å²) in [6, 6.07) is 13.0. The number of nitrogen functional groups attached to an aromatic ring is 1. The molecule has 3 N–H and O–H groups in total. The van der Waals surface area contributed by atoms with E-state index in [9.17, 15) is 0 Å². The highest BCUT2D eigenvalue weighted by atomic mass is 16.5. The van der Waals surface area contributed by atoms with Gasteiger partial charge in [0.1, 0.15) is 18.1 Å². The maximum absolute atomic E-state index is 7.18. The van der Waals surface area contributed by atoms with E-state index in [1.54, 1.807) is 12.1 Å². The molecule has 0 aliphatic heterocycles. The number of ether oxygens (including phenoxy) is 1. The van der Waals surface area contributed by atoms with Crippen LogP contribution in [0.1, 0.15) is 11.3 Å². The van der Waals surface area contributed by atoms with E-state index in [-0.39, 0.29) is 5.84 Å². The Balaban J connectivity index is 1.98. The average Bonchev–Trinajstić information content (AvgIpc) is 2.38. The van der Waals surface area contributed by atoms with Gasteiger partial charge in [0.05, 0.1) is 0 Å². The first-order chi connectivity index (χ1) is 8.25. The number of nitrogens with two attached hydrogens (primary N) is 1. The van der Waals surface area contributed by atoms with Gasteiger partial charge in [-0.05, 0) is 11.6 Å². The molecular formula is C12H12N4O. The van der Waals surface area contributed by atoms with Gasteiger partial charge in [0.2, 0.25) is 5.88 Å². The Hall–Kier alpha value is -2.43. The van der Waals surface area contributed by atoms with Crippen LogP contribution < -0.4 is 10.5 Å². The van der Waals surface area contributed by atoms with Crippen LogP contribution in [0, 0.1) is 5.41 Å². The number of rotatable bonds is 4. The summed E-state index contributed by atoms with van der Waals surface area (Å²) in [7, 11) is 0. The molecule has 0 amide bonds. The second-order valence-corrected chi connectivity index (χ2v) is 3.44. The summed E-state index contributed by atoms with van der Waals surface area (Å²) in [6.07, 6.45) is 0. The number of nitrogens with zero attached hydrogens (tertiary/aromatic N) is 2. The summed E-state index contributed by atoms with van der Waals surface area (Å²) in [6.45, 7) is 0.439. The van der Waals surface area contributed by atoms with Gasteiger partial charge >= 0.3 is 0 Å². The quantitative estimate of drug-likeness (QED) is 0.610. The van der Waals surface area contributed by atoms with Gasteiger partial charge in [-0.3, -0.25) is 5.41 Å². The van der Waals surface area contributed by atoms with Gasteiger partial charge in [-0.2, -0.15) is 0 Å². The summed E-state index contributed by atoms with van der Waals surface area (Å²) >= 11 is 0. The van der Waals surface area contributed by atoms with Crippen LogP contribution in [0.3, 0.4) is 0 Å². The molecule has 17 heavy (non-hydrogen) atoms. The molecule has 1 aromatic carbocycles. The van der Waals surface area contributed by atoms with Crippen LogP contribution in [0.15, 0.2) is 42.5 Å². The third-order valence-electron chi connectivity index (χ3n) is 2.15. The molecule has 0 atom stereocenters. The van der Waals surface area contributed by atoms with E-state index in [2.05, 4.69) is 10.2 Å². The van der Waals surface area contributed by atoms with E-state index in [0.717, 1.165) is 5.56 Å². The monoisotopic (exact) mass is 228 g/mol. The predicted molar refractivity (Wildman–Crippen MR) is 63.8 cm³/mol. The highest BCUT2D eigenvalue weighted by Gasteiger charge is 2.01. The Morgan fingerprint density at radius 1 is 1.12 bits per heavy atom. The molecule has 0 saturated heterocycles. The molecule has 0 aliphatic rings. The lowest BCUT2D eigenvalue weighted by Gasteiger charge is -2.04. The fourth-order valence-corrected chi connectivity index (χ4v) is 1.27. The van der Waals surface area contributed by atoms with Gasteiger partial charge in [-0.15, -0.1) is 10.2 Å². The molecule has 1 aromatic heterocycles. The predicted octanol–water partition coefficient (Wildman–Crippen LogP) is 1.34. The van der Waals surface area contributed by atoms with Crippen LogP contribution in [-0.4, -0.2) is 16.0 Å². The molecule has 0 saturated carbocycles. The van der Waals surface area contributed by atoms with Gasteiger partial charge < -0.3 is 10.5 Å². The van der Waals surface area contributed by atoms with E-state index in [0.29, 0.717) is 18.2 Å². The van der Waals surface area contributed by atoms with Gasteiger partial charge in [0, 0.05) is 6.07 Å². The van der Waals surface area contributed by atoms with Crippen LogP contribution >= 0.6 is 0 Å². The fraction of sp³-hybridized carbons (Fsp3) is 0.0833. The molecule has 5 nitrogen and oxygen atoms in total. The smallest absolute Gasteiger partial charge is 0.233 e. The first-order valence-corrected chi connectivity index (χ1v) is 5.10. The van der Waals surface area contributed by atoms with Crippen molar-refractivity contribution in [1.82, 2.24) is 10.2 Å². The number of hydrogen-bond acceptors (Lipinski definition) is 4. The molecule has 0 fully saturated rings. The summed E-state index contributed by atoms with van der Waals surface area (Å²) in [4.78, 5) is 0. The van der Waals surface area contributed by atoms with Gasteiger partial charge in [0.25, 0.3) is 0 Å². The van der Waals surface area contributed by atoms with Crippen molar-refractivity contribution in [3.63, 3.8) is 0 Å². The summed E-state index contributed by atoms with van der Waals surface area (Å²) < 4.78 is 5.44. The number of benzene rings is 1. The zero-order chi connectivity index (χ0) is 12.1. The zero-order valence-electron chi connectivity index (χ0n) is 9.13. The normalized spacial score (nSPS) is 9.88. The second kappa shape index (κ2) is 5.07. The summed E-state index contributed by atoms with van der Waals surface area (Å²) in [5, 5.41) is 14.8. The first-order valence-electron chi connectivity index (χ1n) is 5.10. The van der Waals surface area contributed by atoms with Crippen LogP contribution in [0.25, 0.3) is 0 Å². The number of aromatic nitrogens is 2. The number of amidine groups is 1. The molecule has 2 aromatic rings. The Bertz CT molecular complexity index is 496. The summed E-state index contributed by atoms with van der Waals surface area (Å²) in [5.41, 5.74) is 6.67. The van der Waals surface area contributed by atoms with Crippen LogP contribution in [0.4, 0.5) is 0 Å². The van der Waals surface area contributed by atoms with Crippen molar-refractivity contribution < 1.29 is 4.74 Å². The van der Waals surface area contributed by atoms with Crippen LogP contribution in [0.2, 0.25) is 0 Å². The molecule has 0 aliphatic carbocycles. The highest BCUT2D eigenvalue weighted by molar-refractivity contribution is 5.92. The molecule has 86 valence electrons. The van der Waals surface area contributed by atoms with Crippen molar-refractivity contribution in [2.75, 3.05) is 0 Å². The maximum atomic E-state index is 7.18. The molecular weight excluding hydrogens is 216 g/mol. The molecule has 5 heteroatoms. The van der Waals surface area contributed by atoms with Crippen molar-refractivity contribution >= 4 is 5.84 Å². The number of hydrogen-bond donors (Lipinski definition) is 2. The van der Waals surface area contributed by atoms with Crippen molar-refractivity contribution in [1.29, 1.82) is 5.41 Å². The molecule has 0 unspecified atom stereocenters. The summed E-state index contributed by atoms with van der Waals surface area (Å²) in [5.74, 6) is 0.311. The minimum atomic E-state index is -0.105. The van der Waals surface area contributed by atoms with Crippen molar-refractivity contribution in [3.05, 3.63) is 53.7 Å². The third kappa shape index (κ3) is 3.01. The average molecular weight is 228 g/mol. The van der Waals surface area contributed by atoms with Gasteiger partial charge in [0.15, 0.2) is 0 Å². The third-order valence-corrected chi connectivity index (χ3v) is 2.15. The SMILES string of the molecule is N=C(N)c1ccc(OCc2ccccc2)nn1. The second-order valence-electron chi connectivity index (χ2n) is 3.44. The molecule has 0 bridgehead atoms. The zero-order valence-corrected chi connectivity index (χ0v) is 9.13. The van der Waals surface area contributed by atoms with E-state index in [4.69, 9.17) is 15.9 Å². The van der Waals surface area contributed by atoms with Gasteiger partial charge in [-0.25, -0.2) is 0 Å². The van der Waals surface area contributed by atoms with E-state index < -0.39 is 0 Å². The van der Waals surface area contributed by atoms with E-state index in [1.165, 1.54) is 0 Å². The van der Waals surface area contributed by atoms with Crippen LogP contribution in [0.5, 0.6) is 5.88 Å². The van der Waals surface area contributed by atoms with Crippen molar-refractivity contribution in [2.45, 2.75) is 6.61 Å². The lowest BCUT2D eigenvalue weighted by molar-refractivity contribution is 0.290.